The van der Waals surface area contributed by atoms with Crippen LogP contribution in [0.4, 0.5) is 0 Å². The van der Waals surface area contributed by atoms with Gasteiger partial charge in [-0.05, 0) is 30.2 Å². The number of nitrogens with two attached hydrogens (primary N) is 1. The van der Waals surface area contributed by atoms with Crippen LogP contribution in [-0.2, 0) is 6.54 Å². The predicted octanol–water partition coefficient (Wildman–Crippen LogP) is 1.64. The van der Waals surface area contributed by atoms with E-state index >= 15 is 0 Å². The van der Waals surface area contributed by atoms with Gasteiger partial charge in [-0.15, -0.1) is 0 Å². The summed E-state index contributed by atoms with van der Waals surface area (Å²) in [5.41, 5.74) is 7.24. The zero-order valence-corrected chi connectivity index (χ0v) is 9.48. The van der Waals surface area contributed by atoms with Crippen LogP contribution in [0, 0.1) is 12.3 Å². The minimum absolute atomic E-state index is 0.0543. The van der Waals surface area contributed by atoms with E-state index in [0.29, 0.717) is 17.3 Å². The molecule has 0 saturated heterocycles. The number of benzene rings is 1. The van der Waals surface area contributed by atoms with Crippen molar-refractivity contribution >= 4 is 17.6 Å². The van der Waals surface area contributed by atoms with Crippen LogP contribution in [0.15, 0.2) is 12.1 Å². The molecule has 0 fully saturated rings. The van der Waals surface area contributed by atoms with Crippen molar-refractivity contribution in [2.75, 3.05) is 7.11 Å². The van der Waals surface area contributed by atoms with E-state index in [1.165, 1.54) is 0 Å². The molecule has 0 bridgehead atoms. The summed E-state index contributed by atoms with van der Waals surface area (Å²) in [7, 11) is 1.58. The second-order valence-corrected chi connectivity index (χ2v) is 3.59. The molecule has 0 radical (unpaired) electrons. The summed E-state index contributed by atoms with van der Waals surface area (Å²) in [4.78, 5) is 0. The molecule has 1 aromatic rings. The molecule has 0 heterocycles. The molecule has 0 atom stereocenters. The van der Waals surface area contributed by atoms with Crippen molar-refractivity contribution in [3.05, 3.63) is 28.3 Å². The van der Waals surface area contributed by atoms with E-state index in [1.54, 1.807) is 7.11 Å². The summed E-state index contributed by atoms with van der Waals surface area (Å²) in [6.07, 6.45) is 0. The summed E-state index contributed by atoms with van der Waals surface area (Å²) < 4.78 is 5.09. The first-order valence-corrected chi connectivity index (χ1v) is 4.83. The van der Waals surface area contributed by atoms with Crippen molar-refractivity contribution in [1.82, 2.24) is 5.32 Å². The van der Waals surface area contributed by atoms with E-state index in [4.69, 9.17) is 27.5 Å². The smallest absolute Gasteiger partial charge is 0.185 e. The molecule has 1 rings (SSSR count). The first-order chi connectivity index (χ1) is 7.04. The van der Waals surface area contributed by atoms with Gasteiger partial charge < -0.3 is 15.8 Å². The second-order valence-electron chi connectivity index (χ2n) is 3.18. The molecule has 4 nitrogen and oxygen atoms in total. The molecular weight excluding hydrogens is 214 g/mol. The molecule has 5 heteroatoms. The number of ether oxygens (including phenoxy) is 1. The fourth-order valence-electron chi connectivity index (χ4n) is 1.23. The average molecular weight is 228 g/mol. The van der Waals surface area contributed by atoms with Crippen molar-refractivity contribution < 1.29 is 4.74 Å². The first-order valence-electron chi connectivity index (χ1n) is 4.45. The van der Waals surface area contributed by atoms with E-state index < -0.39 is 0 Å². The Morgan fingerprint density at radius 2 is 2.27 bits per heavy atom. The van der Waals surface area contributed by atoms with Gasteiger partial charge in [0.15, 0.2) is 5.96 Å². The van der Waals surface area contributed by atoms with E-state index in [2.05, 4.69) is 5.32 Å². The van der Waals surface area contributed by atoms with Crippen LogP contribution in [0.25, 0.3) is 0 Å². The molecule has 0 spiro atoms. The lowest BCUT2D eigenvalue weighted by Gasteiger charge is -2.10. The summed E-state index contributed by atoms with van der Waals surface area (Å²) in [5.74, 6) is 0.599. The van der Waals surface area contributed by atoms with E-state index in [0.717, 1.165) is 11.1 Å². The Labute approximate surface area is 93.9 Å². The van der Waals surface area contributed by atoms with Crippen molar-refractivity contribution in [2.45, 2.75) is 13.5 Å². The molecule has 82 valence electrons. The third kappa shape index (κ3) is 3.02. The van der Waals surface area contributed by atoms with Gasteiger partial charge in [-0.2, -0.15) is 0 Å². The van der Waals surface area contributed by atoms with Crippen LogP contribution in [-0.4, -0.2) is 13.1 Å². The van der Waals surface area contributed by atoms with Gasteiger partial charge in [0.05, 0.1) is 12.1 Å². The van der Waals surface area contributed by atoms with Crippen LogP contribution in [0.1, 0.15) is 11.1 Å². The highest BCUT2D eigenvalue weighted by molar-refractivity contribution is 6.32. The number of aryl methyl sites for hydroxylation is 1. The van der Waals surface area contributed by atoms with Gasteiger partial charge in [0, 0.05) is 6.54 Å². The standard InChI is InChI=1S/C10H14ClN3O/c1-6-3-9(15-2)8(11)4-7(6)5-14-10(12)13/h3-4H,5H2,1-2H3,(H4,12,13,14). The lowest BCUT2D eigenvalue weighted by atomic mass is 10.1. The third-order valence-corrected chi connectivity index (χ3v) is 2.38. The van der Waals surface area contributed by atoms with Gasteiger partial charge in [0.1, 0.15) is 5.75 Å². The SMILES string of the molecule is COc1cc(C)c(CNC(=N)N)cc1Cl. The molecular formula is C10H14ClN3O. The summed E-state index contributed by atoms with van der Waals surface area (Å²) in [6, 6.07) is 3.67. The number of guanidine groups is 1. The van der Waals surface area contributed by atoms with Crippen molar-refractivity contribution in [3.63, 3.8) is 0 Å². The lowest BCUT2D eigenvalue weighted by Crippen LogP contribution is -2.29. The first kappa shape index (κ1) is 11.7. The molecule has 0 aliphatic rings. The second kappa shape index (κ2) is 4.89. The minimum Gasteiger partial charge on any atom is -0.495 e. The Morgan fingerprint density at radius 3 is 2.80 bits per heavy atom. The van der Waals surface area contributed by atoms with Crippen molar-refractivity contribution in [3.8, 4) is 5.75 Å². The summed E-state index contributed by atoms with van der Waals surface area (Å²) in [5, 5.41) is 10.3. The zero-order valence-electron chi connectivity index (χ0n) is 8.73. The number of halogens is 1. The van der Waals surface area contributed by atoms with Gasteiger partial charge in [-0.3, -0.25) is 5.41 Å². The highest BCUT2D eigenvalue weighted by atomic mass is 35.5. The largest absolute Gasteiger partial charge is 0.495 e. The Hall–Kier alpha value is -1.42. The van der Waals surface area contributed by atoms with Crippen LogP contribution in [0.2, 0.25) is 5.02 Å². The van der Waals surface area contributed by atoms with E-state index in [9.17, 15) is 0 Å². The maximum absolute atomic E-state index is 7.06. The minimum atomic E-state index is -0.0543. The highest BCUT2D eigenvalue weighted by Crippen LogP contribution is 2.27. The van der Waals surface area contributed by atoms with Crippen LogP contribution in [0.5, 0.6) is 5.75 Å². The van der Waals surface area contributed by atoms with Crippen LogP contribution in [0.3, 0.4) is 0 Å². The molecule has 0 saturated carbocycles. The van der Waals surface area contributed by atoms with E-state index in [-0.39, 0.29) is 5.96 Å². The van der Waals surface area contributed by atoms with E-state index in [1.807, 2.05) is 19.1 Å². The quantitative estimate of drug-likeness (QED) is 0.543. The summed E-state index contributed by atoms with van der Waals surface area (Å²) >= 11 is 5.98. The van der Waals surface area contributed by atoms with Crippen molar-refractivity contribution in [1.29, 1.82) is 5.41 Å². The fraction of sp³-hybridized carbons (Fsp3) is 0.300. The molecule has 0 aliphatic carbocycles. The predicted molar refractivity (Wildman–Crippen MR) is 61.5 cm³/mol. The molecule has 0 amide bonds. The molecule has 15 heavy (non-hydrogen) atoms. The average Bonchev–Trinajstić information content (AvgIpc) is 2.18. The fourth-order valence-corrected chi connectivity index (χ4v) is 1.50. The third-order valence-electron chi connectivity index (χ3n) is 2.08. The molecule has 0 aliphatic heterocycles. The van der Waals surface area contributed by atoms with Gasteiger partial charge in [-0.1, -0.05) is 11.6 Å². The van der Waals surface area contributed by atoms with Gasteiger partial charge >= 0.3 is 0 Å². The zero-order chi connectivity index (χ0) is 11.4. The van der Waals surface area contributed by atoms with Gasteiger partial charge in [-0.25, -0.2) is 0 Å². The number of rotatable bonds is 3. The van der Waals surface area contributed by atoms with Gasteiger partial charge in [0.2, 0.25) is 0 Å². The molecule has 1 aromatic carbocycles. The number of hydrogen-bond acceptors (Lipinski definition) is 2. The monoisotopic (exact) mass is 227 g/mol. The number of nitrogens with one attached hydrogen (secondary N) is 2. The molecule has 0 unspecified atom stereocenters. The highest BCUT2D eigenvalue weighted by Gasteiger charge is 2.05. The maximum atomic E-state index is 7.06. The topological polar surface area (TPSA) is 71.1 Å². The number of methoxy groups -OCH3 is 1. The molecule has 4 N–H and O–H groups in total. The van der Waals surface area contributed by atoms with Gasteiger partial charge in [0.25, 0.3) is 0 Å². The number of hydrogen-bond donors (Lipinski definition) is 3. The maximum Gasteiger partial charge on any atom is 0.185 e. The normalized spacial score (nSPS) is 9.80. The Bertz CT molecular complexity index is 379. The Kier molecular flexibility index (Phi) is 3.80. The Morgan fingerprint density at radius 1 is 1.60 bits per heavy atom. The van der Waals surface area contributed by atoms with Crippen LogP contribution >= 0.6 is 11.6 Å². The summed E-state index contributed by atoms with van der Waals surface area (Å²) in [6.45, 7) is 2.45. The van der Waals surface area contributed by atoms with Crippen LogP contribution < -0.4 is 15.8 Å². The van der Waals surface area contributed by atoms with Crippen molar-refractivity contribution in [2.24, 2.45) is 5.73 Å². The Balaban J connectivity index is 2.90. The molecule has 0 aromatic heterocycles. The lowest BCUT2D eigenvalue weighted by molar-refractivity contribution is 0.414.